The number of fused-ring (bicyclic) bond motifs is 3. The molecule has 0 saturated carbocycles. The molecular weight excluding hydrogens is 382 g/mol. The summed E-state index contributed by atoms with van der Waals surface area (Å²) in [6.45, 7) is 0. The number of hydrogen-bond acceptors (Lipinski definition) is 4. The first-order chi connectivity index (χ1) is 10.3. The van der Waals surface area contributed by atoms with Crippen LogP contribution in [0.1, 0.15) is 23.3 Å². The average Bonchev–Trinajstić information content (AvgIpc) is 2.89. The van der Waals surface area contributed by atoms with E-state index in [0.717, 1.165) is 27.2 Å². The lowest BCUT2D eigenvalue weighted by Crippen LogP contribution is -2.00. The molecule has 1 N–H and O–H groups in total. The summed E-state index contributed by atoms with van der Waals surface area (Å²) in [6, 6.07) is 8.17. The lowest BCUT2D eigenvalue weighted by molar-refractivity contribution is 0.700. The molecule has 6 heteroatoms. The highest BCUT2D eigenvalue weighted by molar-refractivity contribution is 9.10. The van der Waals surface area contributed by atoms with Gasteiger partial charge >= 0.3 is 0 Å². The Balaban J connectivity index is 0.00000144. The maximum Gasteiger partial charge on any atom is 0.142 e. The standard InChI is InChI=1S/C16H14BrN3S.ClH/c17-10-5-7-11(8-6-10)20-15-14-12-3-1-2-4-13(12)21-16(14)19-9-18-15;/h5-9H,1-4H2,(H,18,19,20);1H. The molecule has 22 heavy (non-hydrogen) atoms. The molecule has 0 saturated heterocycles. The Morgan fingerprint density at radius 3 is 2.64 bits per heavy atom. The molecule has 4 rings (SSSR count). The predicted molar refractivity (Wildman–Crippen MR) is 98.7 cm³/mol. The molecular formula is C16H15BrClN3S. The van der Waals surface area contributed by atoms with Gasteiger partial charge in [0.1, 0.15) is 17.0 Å². The maximum absolute atomic E-state index is 4.48. The van der Waals surface area contributed by atoms with Gasteiger partial charge in [-0.2, -0.15) is 0 Å². The molecule has 1 aliphatic rings. The van der Waals surface area contributed by atoms with Crippen LogP contribution in [0.15, 0.2) is 35.1 Å². The van der Waals surface area contributed by atoms with E-state index >= 15 is 0 Å². The van der Waals surface area contributed by atoms with Gasteiger partial charge in [-0.15, -0.1) is 23.7 Å². The maximum atomic E-state index is 4.48. The number of nitrogens with zero attached hydrogens (tertiary/aromatic N) is 2. The largest absolute Gasteiger partial charge is 0.340 e. The van der Waals surface area contributed by atoms with Crippen LogP contribution in [0.3, 0.4) is 0 Å². The van der Waals surface area contributed by atoms with E-state index in [1.807, 2.05) is 23.5 Å². The fourth-order valence-corrected chi connectivity index (χ4v) is 4.35. The zero-order valence-corrected chi connectivity index (χ0v) is 15.0. The summed E-state index contributed by atoms with van der Waals surface area (Å²) < 4.78 is 1.08. The number of nitrogens with one attached hydrogen (secondary N) is 1. The molecule has 0 atom stereocenters. The molecule has 1 aliphatic carbocycles. The third kappa shape index (κ3) is 2.85. The normalized spacial score (nSPS) is 13.5. The van der Waals surface area contributed by atoms with E-state index in [2.05, 4.69) is 43.3 Å². The Labute approximate surface area is 147 Å². The molecule has 0 fully saturated rings. The first-order valence-corrected chi connectivity index (χ1v) is 8.70. The lowest BCUT2D eigenvalue weighted by atomic mass is 9.97. The van der Waals surface area contributed by atoms with Gasteiger partial charge in [0.2, 0.25) is 0 Å². The van der Waals surface area contributed by atoms with Crippen LogP contribution in [0, 0.1) is 0 Å². The fraction of sp³-hybridized carbons (Fsp3) is 0.250. The summed E-state index contributed by atoms with van der Waals surface area (Å²) in [5.74, 6) is 0.932. The van der Waals surface area contributed by atoms with Gasteiger partial charge in [-0.1, -0.05) is 15.9 Å². The van der Waals surface area contributed by atoms with Crippen LogP contribution in [0.4, 0.5) is 11.5 Å². The van der Waals surface area contributed by atoms with E-state index in [9.17, 15) is 0 Å². The van der Waals surface area contributed by atoms with E-state index in [0.29, 0.717) is 0 Å². The van der Waals surface area contributed by atoms with Crippen molar-refractivity contribution in [1.82, 2.24) is 9.97 Å². The summed E-state index contributed by atoms with van der Waals surface area (Å²) in [7, 11) is 0. The molecule has 0 radical (unpaired) electrons. The summed E-state index contributed by atoms with van der Waals surface area (Å²) in [6.07, 6.45) is 6.56. The lowest BCUT2D eigenvalue weighted by Gasteiger charge is -2.12. The first-order valence-electron chi connectivity index (χ1n) is 7.09. The third-order valence-corrected chi connectivity index (χ3v) is 5.59. The number of rotatable bonds is 2. The second kappa shape index (κ2) is 6.52. The van der Waals surface area contributed by atoms with Crippen LogP contribution in [0.25, 0.3) is 10.2 Å². The molecule has 0 aliphatic heterocycles. The number of hydrogen-bond donors (Lipinski definition) is 1. The molecule has 0 unspecified atom stereocenters. The quantitative estimate of drug-likeness (QED) is 0.621. The summed E-state index contributed by atoms with van der Waals surface area (Å²) in [5, 5.41) is 4.67. The molecule has 0 spiro atoms. The highest BCUT2D eigenvalue weighted by Crippen LogP contribution is 2.38. The minimum atomic E-state index is 0. The van der Waals surface area contributed by atoms with Gasteiger partial charge in [0.15, 0.2) is 0 Å². The highest BCUT2D eigenvalue weighted by Gasteiger charge is 2.19. The Kier molecular flexibility index (Phi) is 4.66. The highest BCUT2D eigenvalue weighted by atomic mass is 79.9. The van der Waals surface area contributed by atoms with E-state index < -0.39 is 0 Å². The minimum Gasteiger partial charge on any atom is -0.340 e. The smallest absolute Gasteiger partial charge is 0.142 e. The van der Waals surface area contributed by atoms with Crippen molar-refractivity contribution in [2.45, 2.75) is 25.7 Å². The minimum absolute atomic E-state index is 0. The molecule has 1 aromatic carbocycles. The van der Waals surface area contributed by atoms with Gasteiger partial charge in [0, 0.05) is 15.0 Å². The van der Waals surface area contributed by atoms with E-state index in [4.69, 9.17) is 0 Å². The van der Waals surface area contributed by atoms with Crippen LogP contribution in [0.5, 0.6) is 0 Å². The molecule has 0 bridgehead atoms. The number of aromatic nitrogens is 2. The molecule has 2 aromatic heterocycles. The summed E-state index contributed by atoms with van der Waals surface area (Å²) >= 11 is 5.29. The molecule has 0 amide bonds. The first kappa shape index (κ1) is 15.7. The molecule has 3 aromatic rings. The van der Waals surface area contributed by atoms with Gasteiger partial charge in [0.05, 0.1) is 5.39 Å². The van der Waals surface area contributed by atoms with E-state index in [1.54, 1.807) is 6.33 Å². The van der Waals surface area contributed by atoms with Crippen LogP contribution < -0.4 is 5.32 Å². The van der Waals surface area contributed by atoms with Crippen molar-refractivity contribution in [2.75, 3.05) is 5.32 Å². The second-order valence-electron chi connectivity index (χ2n) is 5.25. The average molecular weight is 397 g/mol. The van der Waals surface area contributed by atoms with Crippen molar-refractivity contribution < 1.29 is 0 Å². The SMILES string of the molecule is Brc1ccc(Nc2ncnc3sc4c(c23)CCCC4)cc1.Cl. The number of thiophene rings is 1. The van der Waals surface area contributed by atoms with E-state index in [-0.39, 0.29) is 12.4 Å². The van der Waals surface area contributed by atoms with Crippen molar-refractivity contribution in [3.63, 3.8) is 0 Å². The zero-order valence-electron chi connectivity index (χ0n) is 11.8. The van der Waals surface area contributed by atoms with Crippen molar-refractivity contribution in [1.29, 1.82) is 0 Å². The molecule has 114 valence electrons. The van der Waals surface area contributed by atoms with Crippen LogP contribution in [-0.4, -0.2) is 9.97 Å². The van der Waals surface area contributed by atoms with Crippen molar-refractivity contribution >= 4 is 61.4 Å². The van der Waals surface area contributed by atoms with E-state index in [1.165, 1.54) is 35.1 Å². The topological polar surface area (TPSA) is 37.8 Å². The van der Waals surface area contributed by atoms with Gasteiger partial charge in [-0.3, -0.25) is 0 Å². The Bertz CT molecular complexity index is 801. The Morgan fingerprint density at radius 2 is 1.82 bits per heavy atom. The molecule has 3 nitrogen and oxygen atoms in total. The van der Waals surface area contributed by atoms with Crippen molar-refractivity contribution in [2.24, 2.45) is 0 Å². The van der Waals surface area contributed by atoms with Gasteiger partial charge < -0.3 is 5.32 Å². The van der Waals surface area contributed by atoms with Crippen LogP contribution in [-0.2, 0) is 12.8 Å². The van der Waals surface area contributed by atoms with Crippen LogP contribution >= 0.6 is 39.7 Å². The number of anilines is 2. The Hall–Kier alpha value is -1.17. The number of aryl methyl sites for hydroxylation is 2. The number of benzene rings is 1. The predicted octanol–water partition coefficient (Wildman–Crippen LogP) is 5.50. The third-order valence-electron chi connectivity index (χ3n) is 3.86. The van der Waals surface area contributed by atoms with Gasteiger partial charge in [-0.05, 0) is 55.5 Å². The van der Waals surface area contributed by atoms with Crippen molar-refractivity contribution in [3.8, 4) is 0 Å². The Morgan fingerprint density at radius 1 is 1.05 bits per heavy atom. The second-order valence-corrected chi connectivity index (χ2v) is 7.24. The number of halogens is 2. The summed E-state index contributed by atoms with van der Waals surface area (Å²) in [5.41, 5.74) is 2.51. The van der Waals surface area contributed by atoms with Gasteiger partial charge in [0.25, 0.3) is 0 Å². The monoisotopic (exact) mass is 395 g/mol. The van der Waals surface area contributed by atoms with Gasteiger partial charge in [-0.25, -0.2) is 9.97 Å². The molecule has 2 heterocycles. The fourth-order valence-electron chi connectivity index (χ4n) is 2.85. The van der Waals surface area contributed by atoms with Crippen LogP contribution in [0.2, 0.25) is 0 Å². The van der Waals surface area contributed by atoms with Crippen molar-refractivity contribution in [3.05, 3.63) is 45.5 Å². The summed E-state index contributed by atoms with van der Waals surface area (Å²) in [4.78, 5) is 11.5. The zero-order chi connectivity index (χ0) is 14.2.